The molecule has 7 nitrogen and oxygen atoms in total. The van der Waals surface area contributed by atoms with Crippen LogP contribution in [0.25, 0.3) is 0 Å². The number of carbonyl (C=O) groups is 2. The van der Waals surface area contributed by atoms with E-state index in [0.717, 1.165) is 28.1 Å². The molecule has 3 rings (SSSR count). The second kappa shape index (κ2) is 13.6. The summed E-state index contributed by atoms with van der Waals surface area (Å²) < 4.78 is 26.8. The number of carbonyl (C=O) groups excluding carboxylic acids is 2. The fraction of sp³-hybridized carbons (Fsp3) is 0.333. The largest absolute Gasteiger partial charge is 0.352 e. The van der Waals surface area contributed by atoms with Crippen molar-refractivity contribution >= 4 is 39.1 Å². The normalized spacial score (nSPS) is 12.8. The number of nitrogens with one attached hydrogen (secondary N) is 1. The van der Waals surface area contributed by atoms with Gasteiger partial charge in [-0.05, 0) is 55.2 Å². The quantitative estimate of drug-likeness (QED) is 0.334. The second-order valence-corrected chi connectivity index (χ2v) is 12.1. The van der Waals surface area contributed by atoms with Crippen LogP contribution in [0.3, 0.4) is 0 Å². The van der Waals surface area contributed by atoms with E-state index in [4.69, 9.17) is 11.6 Å². The van der Waals surface area contributed by atoms with Crippen LogP contribution >= 0.6 is 11.6 Å². The number of aryl methyl sites for hydroxylation is 1. The minimum absolute atomic E-state index is 0.0371. The van der Waals surface area contributed by atoms with Crippen LogP contribution in [0, 0.1) is 6.92 Å². The second-order valence-electron chi connectivity index (χ2n) is 9.75. The van der Waals surface area contributed by atoms with Gasteiger partial charge in [-0.3, -0.25) is 13.9 Å². The lowest BCUT2D eigenvalue weighted by molar-refractivity contribution is -0.140. The van der Waals surface area contributed by atoms with Crippen molar-refractivity contribution in [1.82, 2.24) is 10.2 Å². The van der Waals surface area contributed by atoms with Crippen LogP contribution in [-0.4, -0.2) is 50.0 Å². The molecule has 0 spiro atoms. The Kier molecular flexibility index (Phi) is 10.5. The molecule has 0 saturated heterocycles. The van der Waals surface area contributed by atoms with Crippen LogP contribution in [0.15, 0.2) is 78.9 Å². The molecule has 0 saturated carbocycles. The lowest BCUT2D eigenvalue weighted by Gasteiger charge is -2.34. The highest BCUT2D eigenvalue weighted by Gasteiger charge is 2.33. The molecule has 0 fully saturated rings. The molecule has 208 valence electrons. The van der Waals surface area contributed by atoms with Crippen molar-refractivity contribution < 1.29 is 18.0 Å². The molecule has 0 aromatic heterocycles. The van der Waals surface area contributed by atoms with E-state index in [1.807, 2.05) is 63.2 Å². The third-order valence-corrected chi connectivity index (χ3v) is 8.05. The molecule has 0 aliphatic carbocycles. The van der Waals surface area contributed by atoms with E-state index < -0.39 is 28.5 Å². The van der Waals surface area contributed by atoms with Crippen molar-refractivity contribution in [2.75, 3.05) is 17.1 Å². The fourth-order valence-corrected chi connectivity index (χ4v) is 5.24. The van der Waals surface area contributed by atoms with E-state index in [9.17, 15) is 18.0 Å². The molecule has 3 aromatic rings. The van der Waals surface area contributed by atoms with Gasteiger partial charge in [0.15, 0.2) is 0 Å². The summed E-state index contributed by atoms with van der Waals surface area (Å²) >= 11 is 6.47. The number of amides is 2. The Labute approximate surface area is 236 Å². The maximum absolute atomic E-state index is 14.1. The Morgan fingerprint density at radius 1 is 0.974 bits per heavy atom. The zero-order valence-electron chi connectivity index (χ0n) is 22.8. The first-order valence-electron chi connectivity index (χ1n) is 12.9. The number of rotatable bonds is 12. The van der Waals surface area contributed by atoms with Gasteiger partial charge in [0.2, 0.25) is 21.8 Å². The van der Waals surface area contributed by atoms with Crippen molar-refractivity contribution in [3.63, 3.8) is 0 Å². The maximum Gasteiger partial charge on any atom is 0.244 e. The molecule has 0 heterocycles. The van der Waals surface area contributed by atoms with Gasteiger partial charge in [0.25, 0.3) is 0 Å². The molecule has 9 heteroatoms. The smallest absolute Gasteiger partial charge is 0.244 e. The van der Waals surface area contributed by atoms with E-state index in [1.165, 1.54) is 4.90 Å². The van der Waals surface area contributed by atoms with Gasteiger partial charge in [-0.1, -0.05) is 79.2 Å². The highest BCUT2D eigenvalue weighted by atomic mass is 35.5. The summed E-state index contributed by atoms with van der Waals surface area (Å²) in [5.41, 5.74) is 2.77. The average Bonchev–Trinajstić information content (AvgIpc) is 2.89. The Bertz CT molecular complexity index is 1380. The standard InChI is InChI=1S/C30H36ClN3O4S/c1-5-23(3)32-30(36)28(19-24-13-7-6-8-14-24)33(20-25-15-9-10-17-27(25)31)29(35)21-34(39(4,37)38)26-16-11-12-22(2)18-26/h6-18,23,28H,5,19-21H2,1-4H3,(H,32,36). The molecule has 2 atom stereocenters. The third-order valence-electron chi connectivity index (χ3n) is 6.54. The molecule has 3 aromatic carbocycles. The molecule has 0 aliphatic rings. The SMILES string of the molecule is CCC(C)NC(=O)C(Cc1ccccc1)N(Cc1ccccc1Cl)C(=O)CN(c1cccc(C)c1)S(C)(=O)=O. The first-order chi connectivity index (χ1) is 18.5. The Morgan fingerprint density at radius 2 is 1.64 bits per heavy atom. The van der Waals surface area contributed by atoms with Gasteiger partial charge in [0, 0.05) is 24.0 Å². The number of benzene rings is 3. The van der Waals surface area contributed by atoms with E-state index in [2.05, 4.69) is 5.32 Å². The number of anilines is 1. The van der Waals surface area contributed by atoms with Gasteiger partial charge >= 0.3 is 0 Å². The molecule has 2 unspecified atom stereocenters. The van der Waals surface area contributed by atoms with E-state index in [0.29, 0.717) is 16.3 Å². The predicted molar refractivity (Wildman–Crippen MR) is 157 cm³/mol. The molecule has 0 aliphatic heterocycles. The molecule has 0 bridgehead atoms. The van der Waals surface area contributed by atoms with Gasteiger partial charge in [-0.2, -0.15) is 0 Å². The van der Waals surface area contributed by atoms with E-state index in [-0.39, 0.29) is 24.9 Å². The molecule has 2 amide bonds. The van der Waals surface area contributed by atoms with Crippen LogP contribution in [0.5, 0.6) is 0 Å². The lowest BCUT2D eigenvalue weighted by Crippen LogP contribution is -2.54. The number of halogens is 1. The first kappa shape index (κ1) is 30.2. The highest BCUT2D eigenvalue weighted by molar-refractivity contribution is 7.92. The van der Waals surface area contributed by atoms with Gasteiger partial charge in [0.1, 0.15) is 12.6 Å². The number of sulfonamides is 1. The Hall–Kier alpha value is -3.36. The summed E-state index contributed by atoms with van der Waals surface area (Å²) in [6.45, 7) is 5.30. The minimum Gasteiger partial charge on any atom is -0.352 e. The average molecular weight is 570 g/mol. The summed E-state index contributed by atoms with van der Waals surface area (Å²) in [7, 11) is -3.81. The molecular weight excluding hydrogens is 534 g/mol. The van der Waals surface area contributed by atoms with Crippen molar-refractivity contribution in [1.29, 1.82) is 0 Å². The zero-order valence-corrected chi connectivity index (χ0v) is 24.4. The maximum atomic E-state index is 14.1. The number of hydrogen-bond donors (Lipinski definition) is 1. The monoisotopic (exact) mass is 569 g/mol. The lowest BCUT2D eigenvalue weighted by atomic mass is 10.0. The van der Waals surface area contributed by atoms with Gasteiger partial charge in [0.05, 0.1) is 11.9 Å². The zero-order chi connectivity index (χ0) is 28.6. The van der Waals surface area contributed by atoms with Crippen LogP contribution in [0.1, 0.15) is 37.0 Å². The molecule has 39 heavy (non-hydrogen) atoms. The predicted octanol–water partition coefficient (Wildman–Crippen LogP) is 4.97. The van der Waals surface area contributed by atoms with Gasteiger partial charge in [-0.25, -0.2) is 8.42 Å². The highest BCUT2D eigenvalue weighted by Crippen LogP contribution is 2.23. The Balaban J connectivity index is 2.07. The van der Waals surface area contributed by atoms with Crippen LogP contribution in [-0.2, 0) is 32.6 Å². The summed E-state index contributed by atoms with van der Waals surface area (Å²) in [4.78, 5) is 29.2. The van der Waals surface area contributed by atoms with E-state index in [1.54, 1.807) is 36.4 Å². The summed E-state index contributed by atoms with van der Waals surface area (Å²) in [6, 6.07) is 22.5. The molecule has 1 N–H and O–H groups in total. The third kappa shape index (κ3) is 8.57. The van der Waals surface area contributed by atoms with Crippen molar-refractivity contribution in [3.05, 3.63) is 101 Å². The minimum atomic E-state index is -3.81. The molecule has 0 radical (unpaired) electrons. The van der Waals surface area contributed by atoms with E-state index >= 15 is 0 Å². The van der Waals surface area contributed by atoms with Crippen molar-refractivity contribution in [3.8, 4) is 0 Å². The summed E-state index contributed by atoms with van der Waals surface area (Å²) in [5, 5.41) is 3.46. The summed E-state index contributed by atoms with van der Waals surface area (Å²) in [5.74, 6) is -0.822. The molecular formula is C30H36ClN3O4S. The van der Waals surface area contributed by atoms with Gasteiger partial charge < -0.3 is 10.2 Å². The fourth-order valence-electron chi connectivity index (χ4n) is 4.20. The van der Waals surface area contributed by atoms with Crippen LogP contribution < -0.4 is 9.62 Å². The van der Waals surface area contributed by atoms with Crippen LogP contribution in [0.4, 0.5) is 5.69 Å². The van der Waals surface area contributed by atoms with Crippen molar-refractivity contribution in [2.24, 2.45) is 0 Å². The number of nitrogens with zero attached hydrogens (tertiary/aromatic N) is 2. The number of hydrogen-bond acceptors (Lipinski definition) is 4. The van der Waals surface area contributed by atoms with Gasteiger partial charge in [-0.15, -0.1) is 0 Å². The Morgan fingerprint density at radius 3 is 2.26 bits per heavy atom. The topological polar surface area (TPSA) is 86.8 Å². The first-order valence-corrected chi connectivity index (χ1v) is 15.1. The van der Waals surface area contributed by atoms with Crippen molar-refractivity contribution in [2.45, 2.75) is 52.2 Å². The van der Waals surface area contributed by atoms with Crippen LogP contribution in [0.2, 0.25) is 5.02 Å². The summed E-state index contributed by atoms with van der Waals surface area (Å²) in [6.07, 6.45) is 2.04.